The monoisotopic (exact) mass is 229 g/mol. The molecule has 1 aliphatic heterocycles. The minimum absolute atomic E-state index is 0.0225. The number of halogens is 2. The largest absolute Gasteiger partial charge is 0.343 e. The molecule has 90 valence electrons. The van der Waals surface area contributed by atoms with Gasteiger partial charge in [-0.15, -0.1) is 6.58 Å². The Balaban J connectivity index is 1.82. The van der Waals surface area contributed by atoms with Crippen molar-refractivity contribution in [1.29, 1.82) is 0 Å². The molecule has 1 amide bonds. The molecular formula is C12H17F2NO. The summed E-state index contributed by atoms with van der Waals surface area (Å²) < 4.78 is 26.2. The highest BCUT2D eigenvalue weighted by Gasteiger charge is 2.70. The number of piperidine rings is 1. The Bertz CT molecular complexity index is 306. The summed E-state index contributed by atoms with van der Waals surface area (Å²) in [5.41, 5.74) is -0.762. The number of carbonyl (C=O) groups is 1. The molecule has 1 aliphatic carbocycles. The molecule has 2 rings (SSSR count). The van der Waals surface area contributed by atoms with Crippen molar-refractivity contribution in [2.75, 3.05) is 13.1 Å². The summed E-state index contributed by atoms with van der Waals surface area (Å²) in [6, 6.07) is 0. The lowest BCUT2D eigenvalue weighted by molar-refractivity contribution is -0.133. The van der Waals surface area contributed by atoms with Gasteiger partial charge in [-0.1, -0.05) is 6.08 Å². The molecule has 0 aromatic heterocycles. The van der Waals surface area contributed by atoms with Crippen LogP contribution in [0.3, 0.4) is 0 Å². The molecule has 2 nitrogen and oxygen atoms in total. The van der Waals surface area contributed by atoms with Crippen molar-refractivity contribution < 1.29 is 13.6 Å². The molecule has 1 spiro atoms. The van der Waals surface area contributed by atoms with Gasteiger partial charge in [0.2, 0.25) is 5.91 Å². The molecule has 1 saturated carbocycles. The van der Waals surface area contributed by atoms with Crippen LogP contribution in [-0.4, -0.2) is 29.8 Å². The summed E-state index contributed by atoms with van der Waals surface area (Å²) in [5.74, 6) is -2.40. The van der Waals surface area contributed by atoms with Crippen molar-refractivity contribution in [3.8, 4) is 0 Å². The van der Waals surface area contributed by atoms with Crippen molar-refractivity contribution in [1.82, 2.24) is 4.90 Å². The highest BCUT2D eigenvalue weighted by atomic mass is 19.3. The zero-order valence-electron chi connectivity index (χ0n) is 9.35. The second-order valence-electron chi connectivity index (χ2n) is 4.87. The predicted molar refractivity (Wildman–Crippen MR) is 57.2 cm³/mol. The zero-order chi connectivity index (χ0) is 11.8. The second-order valence-corrected chi connectivity index (χ2v) is 4.87. The number of allylic oxidation sites excluding steroid dienone is 1. The van der Waals surface area contributed by atoms with E-state index in [9.17, 15) is 13.6 Å². The Morgan fingerprint density at radius 3 is 2.38 bits per heavy atom. The maximum Gasteiger partial charge on any atom is 0.254 e. The molecule has 4 heteroatoms. The lowest BCUT2D eigenvalue weighted by Gasteiger charge is -2.32. The topological polar surface area (TPSA) is 20.3 Å². The second kappa shape index (κ2) is 3.82. The van der Waals surface area contributed by atoms with Crippen molar-refractivity contribution in [3.63, 3.8) is 0 Å². The number of amides is 1. The summed E-state index contributed by atoms with van der Waals surface area (Å²) in [7, 11) is 0. The summed E-state index contributed by atoms with van der Waals surface area (Å²) in [6.45, 7) is 4.54. The first-order valence-corrected chi connectivity index (χ1v) is 5.77. The van der Waals surface area contributed by atoms with Gasteiger partial charge in [0.05, 0.1) is 0 Å². The zero-order valence-corrected chi connectivity index (χ0v) is 9.35. The minimum Gasteiger partial charge on any atom is -0.343 e. The Labute approximate surface area is 94.3 Å². The van der Waals surface area contributed by atoms with E-state index >= 15 is 0 Å². The Hall–Kier alpha value is -0.930. The normalized spacial score (nSPS) is 25.5. The van der Waals surface area contributed by atoms with Gasteiger partial charge in [0.25, 0.3) is 5.92 Å². The van der Waals surface area contributed by atoms with Gasteiger partial charge < -0.3 is 4.90 Å². The average Bonchev–Trinajstić information content (AvgIpc) is 2.77. The van der Waals surface area contributed by atoms with Gasteiger partial charge in [0, 0.05) is 31.3 Å². The number of hydrogen-bond acceptors (Lipinski definition) is 1. The van der Waals surface area contributed by atoms with Gasteiger partial charge in [0.1, 0.15) is 0 Å². The molecular weight excluding hydrogens is 212 g/mol. The van der Waals surface area contributed by atoms with Crippen LogP contribution < -0.4 is 0 Å². The van der Waals surface area contributed by atoms with E-state index in [-0.39, 0.29) is 12.3 Å². The van der Waals surface area contributed by atoms with E-state index in [0.717, 1.165) is 0 Å². The highest BCUT2D eigenvalue weighted by molar-refractivity contribution is 5.76. The van der Waals surface area contributed by atoms with E-state index in [1.807, 2.05) is 0 Å². The fourth-order valence-electron chi connectivity index (χ4n) is 2.49. The summed E-state index contributed by atoms with van der Waals surface area (Å²) in [5, 5.41) is 0. The summed E-state index contributed by atoms with van der Waals surface area (Å²) in [6.07, 6.45) is 3.76. The molecule has 1 heterocycles. The molecule has 16 heavy (non-hydrogen) atoms. The highest BCUT2D eigenvalue weighted by Crippen LogP contribution is 2.65. The lowest BCUT2D eigenvalue weighted by Crippen LogP contribution is -2.40. The van der Waals surface area contributed by atoms with Crippen LogP contribution in [0, 0.1) is 5.41 Å². The van der Waals surface area contributed by atoms with Crippen LogP contribution in [0.5, 0.6) is 0 Å². The van der Waals surface area contributed by atoms with Gasteiger partial charge in [-0.3, -0.25) is 4.79 Å². The number of likely N-dealkylation sites (tertiary alicyclic amines) is 1. The van der Waals surface area contributed by atoms with Gasteiger partial charge in [-0.2, -0.15) is 0 Å². The van der Waals surface area contributed by atoms with Crippen LogP contribution in [-0.2, 0) is 4.79 Å². The molecule has 0 N–H and O–H groups in total. The molecule has 0 unspecified atom stereocenters. The first-order valence-electron chi connectivity index (χ1n) is 5.77. The quantitative estimate of drug-likeness (QED) is 0.681. The standard InChI is InChI=1S/C12H17F2NO/c1-2-3-4-10(16)15-7-5-11(6-8-15)9-12(11,13)14/h2H,1,3-9H2. The molecule has 1 saturated heterocycles. The SMILES string of the molecule is C=CCCC(=O)N1CCC2(CC1)CC2(F)F. The third-order valence-electron chi connectivity index (χ3n) is 3.85. The van der Waals surface area contributed by atoms with Gasteiger partial charge in [-0.05, 0) is 19.3 Å². The van der Waals surface area contributed by atoms with E-state index < -0.39 is 11.3 Å². The maximum absolute atomic E-state index is 13.1. The van der Waals surface area contributed by atoms with Gasteiger partial charge in [0.15, 0.2) is 0 Å². The fourth-order valence-corrected chi connectivity index (χ4v) is 2.49. The van der Waals surface area contributed by atoms with Crippen molar-refractivity contribution in [2.24, 2.45) is 5.41 Å². The van der Waals surface area contributed by atoms with Crippen molar-refractivity contribution >= 4 is 5.91 Å². The van der Waals surface area contributed by atoms with Crippen LogP contribution in [0.25, 0.3) is 0 Å². The van der Waals surface area contributed by atoms with Crippen molar-refractivity contribution in [3.05, 3.63) is 12.7 Å². The molecule has 0 atom stereocenters. The maximum atomic E-state index is 13.1. The van der Waals surface area contributed by atoms with E-state index in [1.165, 1.54) is 0 Å². The van der Waals surface area contributed by atoms with E-state index in [0.29, 0.717) is 38.8 Å². The van der Waals surface area contributed by atoms with E-state index in [4.69, 9.17) is 0 Å². The van der Waals surface area contributed by atoms with Crippen LogP contribution in [0.1, 0.15) is 32.1 Å². The van der Waals surface area contributed by atoms with Crippen LogP contribution in [0.4, 0.5) is 8.78 Å². The Kier molecular flexibility index (Phi) is 2.76. The molecule has 0 radical (unpaired) electrons. The van der Waals surface area contributed by atoms with E-state index in [1.54, 1.807) is 11.0 Å². The summed E-state index contributed by atoms with van der Waals surface area (Å²) >= 11 is 0. The molecule has 0 bridgehead atoms. The Morgan fingerprint density at radius 2 is 1.94 bits per heavy atom. The first-order chi connectivity index (χ1) is 7.51. The van der Waals surface area contributed by atoms with E-state index in [2.05, 4.69) is 6.58 Å². The lowest BCUT2D eigenvalue weighted by atomic mass is 9.92. The Morgan fingerprint density at radius 1 is 1.38 bits per heavy atom. The van der Waals surface area contributed by atoms with Crippen LogP contribution in [0.2, 0.25) is 0 Å². The number of carbonyl (C=O) groups excluding carboxylic acids is 1. The molecule has 0 aromatic carbocycles. The van der Waals surface area contributed by atoms with Gasteiger partial charge in [-0.25, -0.2) is 8.78 Å². The molecule has 0 aromatic rings. The average molecular weight is 229 g/mol. The number of nitrogens with zero attached hydrogens (tertiary/aromatic N) is 1. The smallest absolute Gasteiger partial charge is 0.254 e. The van der Waals surface area contributed by atoms with Gasteiger partial charge >= 0.3 is 0 Å². The minimum atomic E-state index is -2.47. The molecule has 2 aliphatic rings. The fraction of sp³-hybridized carbons (Fsp3) is 0.750. The number of alkyl halides is 2. The summed E-state index contributed by atoms with van der Waals surface area (Å²) in [4.78, 5) is 13.4. The third kappa shape index (κ3) is 1.85. The van der Waals surface area contributed by atoms with Crippen LogP contribution >= 0.6 is 0 Å². The third-order valence-corrected chi connectivity index (χ3v) is 3.85. The van der Waals surface area contributed by atoms with Crippen LogP contribution in [0.15, 0.2) is 12.7 Å². The predicted octanol–water partition coefficient (Wildman–Crippen LogP) is 2.60. The number of hydrogen-bond donors (Lipinski definition) is 0. The van der Waals surface area contributed by atoms with Crippen molar-refractivity contribution in [2.45, 2.75) is 38.0 Å². The first kappa shape index (κ1) is 11.6. The molecule has 2 fully saturated rings. The number of rotatable bonds is 3.